The number of anilines is 1. The molecule has 0 bridgehead atoms. The van der Waals surface area contributed by atoms with E-state index in [0.29, 0.717) is 17.9 Å². The zero-order chi connectivity index (χ0) is 20.9. The summed E-state index contributed by atoms with van der Waals surface area (Å²) in [7, 11) is -3.02. The number of hydrogen-bond donors (Lipinski definition) is 0. The van der Waals surface area contributed by atoms with Crippen molar-refractivity contribution in [2.75, 3.05) is 16.4 Å². The fourth-order valence-electron chi connectivity index (χ4n) is 3.88. The van der Waals surface area contributed by atoms with Gasteiger partial charge in [0.2, 0.25) is 0 Å². The normalized spacial score (nSPS) is 22.1. The zero-order valence-corrected chi connectivity index (χ0v) is 17.9. The predicted octanol–water partition coefficient (Wildman–Crippen LogP) is 2.28. The molecule has 4 heterocycles. The van der Waals surface area contributed by atoms with Crippen molar-refractivity contribution in [3.05, 3.63) is 76.3 Å². The Morgan fingerprint density at radius 2 is 2.03 bits per heavy atom. The summed E-state index contributed by atoms with van der Waals surface area (Å²) in [6.45, 7) is 2.40. The van der Waals surface area contributed by atoms with Gasteiger partial charge in [-0.1, -0.05) is 30.0 Å². The molecular weight excluding hydrogens is 420 g/mol. The molecule has 30 heavy (non-hydrogen) atoms. The molecule has 2 aromatic heterocycles. The van der Waals surface area contributed by atoms with Crippen molar-refractivity contribution in [3.63, 3.8) is 0 Å². The van der Waals surface area contributed by atoms with E-state index in [9.17, 15) is 13.2 Å². The van der Waals surface area contributed by atoms with Crippen LogP contribution in [0.2, 0.25) is 0 Å². The quantitative estimate of drug-likeness (QED) is 0.621. The number of aryl methyl sites for hydroxylation is 1. The largest absolute Gasteiger partial charge is 0.315 e. The van der Waals surface area contributed by atoms with Crippen LogP contribution in [-0.2, 0) is 16.4 Å². The molecule has 5 rings (SSSR count). The number of nitrogens with zero attached hydrogens (tertiary/aromatic N) is 4. The first-order chi connectivity index (χ1) is 14.4. The van der Waals surface area contributed by atoms with E-state index in [1.54, 1.807) is 24.4 Å². The van der Waals surface area contributed by atoms with E-state index >= 15 is 0 Å². The highest BCUT2D eigenvalue weighted by Gasteiger charge is 2.44. The van der Waals surface area contributed by atoms with Gasteiger partial charge in [-0.15, -0.1) is 0 Å². The van der Waals surface area contributed by atoms with Crippen molar-refractivity contribution in [2.45, 2.75) is 24.8 Å². The SMILES string of the molecule is Cc1cccc(N(Cc2cc(=O)n3ccccc3n2)C2=NC3CS(=O)(=O)CC3S2)c1. The topological polar surface area (TPSA) is 84.1 Å². The molecule has 0 aliphatic carbocycles. The molecular formula is C21H20N4O3S2. The molecule has 0 saturated carbocycles. The number of sulfone groups is 1. The smallest absolute Gasteiger partial charge is 0.258 e. The lowest BCUT2D eigenvalue weighted by Crippen LogP contribution is -2.29. The Morgan fingerprint density at radius 3 is 2.83 bits per heavy atom. The highest BCUT2D eigenvalue weighted by molar-refractivity contribution is 8.15. The first-order valence-electron chi connectivity index (χ1n) is 9.64. The summed E-state index contributed by atoms with van der Waals surface area (Å²) >= 11 is 1.51. The summed E-state index contributed by atoms with van der Waals surface area (Å²) in [5.74, 6) is 0.262. The predicted molar refractivity (Wildman–Crippen MR) is 120 cm³/mol. The second kappa shape index (κ2) is 7.24. The molecule has 0 radical (unpaired) electrons. The van der Waals surface area contributed by atoms with E-state index in [-0.39, 0.29) is 28.4 Å². The van der Waals surface area contributed by atoms with Crippen molar-refractivity contribution in [1.29, 1.82) is 0 Å². The average molecular weight is 441 g/mol. The number of amidine groups is 1. The first-order valence-corrected chi connectivity index (χ1v) is 12.3. The van der Waals surface area contributed by atoms with E-state index in [1.807, 2.05) is 36.1 Å². The Morgan fingerprint density at radius 1 is 1.17 bits per heavy atom. The van der Waals surface area contributed by atoms with Crippen LogP contribution in [0.4, 0.5) is 5.69 Å². The van der Waals surface area contributed by atoms with E-state index in [1.165, 1.54) is 16.2 Å². The van der Waals surface area contributed by atoms with Crippen LogP contribution in [-0.4, -0.2) is 45.8 Å². The molecule has 0 amide bonds. The summed E-state index contributed by atoms with van der Waals surface area (Å²) in [5.41, 5.74) is 3.15. The van der Waals surface area contributed by atoms with E-state index < -0.39 is 9.84 Å². The molecule has 2 aliphatic heterocycles. The van der Waals surface area contributed by atoms with Gasteiger partial charge in [-0.3, -0.25) is 14.2 Å². The lowest BCUT2D eigenvalue weighted by molar-refractivity contribution is 0.601. The van der Waals surface area contributed by atoms with Gasteiger partial charge in [0, 0.05) is 23.2 Å². The zero-order valence-electron chi connectivity index (χ0n) is 16.3. The molecule has 2 aliphatic rings. The van der Waals surface area contributed by atoms with Crippen molar-refractivity contribution in [3.8, 4) is 0 Å². The van der Waals surface area contributed by atoms with Gasteiger partial charge >= 0.3 is 0 Å². The van der Waals surface area contributed by atoms with Gasteiger partial charge in [-0.05, 0) is 36.8 Å². The molecule has 1 fully saturated rings. The third kappa shape index (κ3) is 3.63. The number of benzene rings is 1. The maximum atomic E-state index is 12.5. The Labute approximate surface area is 178 Å². The van der Waals surface area contributed by atoms with Crippen LogP contribution in [0.5, 0.6) is 0 Å². The van der Waals surface area contributed by atoms with Crippen molar-refractivity contribution < 1.29 is 8.42 Å². The Bertz CT molecular complexity index is 1330. The van der Waals surface area contributed by atoms with Gasteiger partial charge in [0.1, 0.15) is 5.65 Å². The Kier molecular flexibility index (Phi) is 4.67. The van der Waals surface area contributed by atoms with Crippen LogP contribution in [0.3, 0.4) is 0 Å². The van der Waals surface area contributed by atoms with E-state index in [4.69, 9.17) is 4.99 Å². The molecule has 7 nitrogen and oxygen atoms in total. The maximum absolute atomic E-state index is 12.5. The van der Waals surface area contributed by atoms with Crippen molar-refractivity contribution >= 4 is 38.1 Å². The van der Waals surface area contributed by atoms with Gasteiger partial charge in [0.25, 0.3) is 5.56 Å². The minimum Gasteiger partial charge on any atom is -0.315 e. The number of rotatable bonds is 3. The van der Waals surface area contributed by atoms with E-state index in [0.717, 1.165) is 16.4 Å². The standard InChI is InChI=1S/C21H20N4O3S2/c1-14-5-4-6-16(9-14)25(21-23-17-12-30(27,28)13-18(17)29-21)11-15-10-20(26)24-8-3-2-7-19(24)22-15/h2-10,17-18H,11-13H2,1H3. The van der Waals surface area contributed by atoms with Crippen LogP contribution in [0, 0.1) is 6.92 Å². The second-order valence-corrected chi connectivity index (χ2v) is 11.0. The average Bonchev–Trinajstić information content (AvgIpc) is 3.19. The minimum absolute atomic E-state index is 0.0486. The van der Waals surface area contributed by atoms with Crippen LogP contribution < -0.4 is 10.5 Å². The third-order valence-electron chi connectivity index (χ3n) is 5.29. The monoisotopic (exact) mass is 440 g/mol. The van der Waals surface area contributed by atoms with Gasteiger partial charge in [0.15, 0.2) is 15.0 Å². The highest BCUT2D eigenvalue weighted by atomic mass is 32.2. The van der Waals surface area contributed by atoms with E-state index in [2.05, 4.69) is 11.1 Å². The van der Waals surface area contributed by atoms with Crippen LogP contribution in [0.1, 0.15) is 11.3 Å². The van der Waals surface area contributed by atoms with Gasteiger partial charge < -0.3 is 4.90 Å². The molecule has 2 atom stereocenters. The fourth-order valence-corrected chi connectivity index (χ4v) is 7.66. The molecule has 0 N–H and O–H groups in total. The molecule has 3 aromatic rings. The van der Waals surface area contributed by atoms with Gasteiger partial charge in [-0.25, -0.2) is 13.4 Å². The fraction of sp³-hybridized carbons (Fsp3) is 0.286. The molecule has 1 saturated heterocycles. The summed E-state index contributed by atoms with van der Waals surface area (Å²) in [6.07, 6.45) is 1.70. The van der Waals surface area contributed by atoms with Gasteiger partial charge in [0.05, 0.1) is 29.8 Å². The van der Waals surface area contributed by atoms with Crippen molar-refractivity contribution in [2.24, 2.45) is 4.99 Å². The summed E-state index contributed by atoms with van der Waals surface area (Å²) in [5, 5.41) is 0.730. The second-order valence-electron chi connectivity index (χ2n) is 7.65. The van der Waals surface area contributed by atoms with Gasteiger partial charge in [-0.2, -0.15) is 0 Å². The van der Waals surface area contributed by atoms with Crippen molar-refractivity contribution in [1.82, 2.24) is 9.38 Å². The first kappa shape index (κ1) is 19.3. The Hall–Kier alpha value is -2.65. The van der Waals surface area contributed by atoms with Crippen LogP contribution in [0.15, 0.2) is 64.5 Å². The molecule has 1 aromatic carbocycles. The number of hydrogen-bond acceptors (Lipinski definition) is 7. The highest BCUT2D eigenvalue weighted by Crippen LogP contribution is 2.37. The molecule has 9 heteroatoms. The molecule has 0 spiro atoms. The Balaban J connectivity index is 1.54. The third-order valence-corrected chi connectivity index (χ3v) is 8.54. The van der Waals surface area contributed by atoms with Crippen LogP contribution >= 0.6 is 11.8 Å². The maximum Gasteiger partial charge on any atom is 0.258 e. The summed E-state index contributed by atoms with van der Waals surface area (Å²) in [4.78, 5) is 24.0. The summed E-state index contributed by atoms with van der Waals surface area (Å²) in [6, 6.07) is 14.8. The minimum atomic E-state index is -3.02. The number of aliphatic imine (C=N–C) groups is 1. The lowest BCUT2D eigenvalue weighted by Gasteiger charge is -2.24. The number of fused-ring (bicyclic) bond motifs is 2. The number of pyridine rings is 1. The number of thioether (sulfide) groups is 1. The lowest BCUT2D eigenvalue weighted by atomic mass is 10.2. The molecule has 154 valence electrons. The molecule has 2 unspecified atom stereocenters. The summed E-state index contributed by atoms with van der Waals surface area (Å²) < 4.78 is 25.4. The van der Waals surface area contributed by atoms with Crippen LogP contribution in [0.25, 0.3) is 5.65 Å². The number of aromatic nitrogens is 2.